The van der Waals surface area contributed by atoms with Crippen LogP contribution >= 0.6 is 0 Å². The zero-order valence-electron chi connectivity index (χ0n) is 18.9. The van der Waals surface area contributed by atoms with E-state index in [0.29, 0.717) is 11.1 Å². The van der Waals surface area contributed by atoms with Crippen molar-refractivity contribution in [2.45, 2.75) is 13.8 Å². The number of carbonyl (C=O) groups is 2. The first kappa shape index (κ1) is 20.7. The van der Waals surface area contributed by atoms with Crippen molar-refractivity contribution in [2.24, 2.45) is 0 Å². The molecule has 0 aromatic heterocycles. The summed E-state index contributed by atoms with van der Waals surface area (Å²) in [6.07, 6.45) is 5.68. The minimum atomic E-state index is -0.203. The predicted octanol–water partition coefficient (Wildman–Crippen LogP) is 6.76. The minimum absolute atomic E-state index is 0.203. The zero-order valence-corrected chi connectivity index (χ0v) is 18.9. The van der Waals surface area contributed by atoms with Crippen LogP contribution in [-0.4, -0.2) is 18.6 Å². The second-order valence-electron chi connectivity index (χ2n) is 8.35. The van der Waals surface area contributed by atoms with Gasteiger partial charge < -0.3 is 9.80 Å². The number of anilines is 4. The van der Waals surface area contributed by atoms with Crippen molar-refractivity contribution >= 4 is 34.3 Å². The molecule has 0 unspecified atom stereocenters. The lowest BCUT2D eigenvalue weighted by Crippen LogP contribution is -2.25. The SMILES string of the molecule is C/C(C=C1C(=O)c2ccccc2C1=O)=C\C=C(/C)N1c2ccccc2N(C)c2ccccc21. The summed E-state index contributed by atoms with van der Waals surface area (Å²) in [5.41, 5.74) is 7.55. The highest BCUT2D eigenvalue weighted by molar-refractivity contribution is 6.39. The van der Waals surface area contributed by atoms with E-state index in [1.54, 1.807) is 30.3 Å². The lowest BCUT2D eigenvalue weighted by Gasteiger charge is -2.38. The van der Waals surface area contributed by atoms with E-state index >= 15 is 0 Å². The van der Waals surface area contributed by atoms with Gasteiger partial charge in [0.15, 0.2) is 11.6 Å². The molecule has 2 aliphatic rings. The van der Waals surface area contributed by atoms with Gasteiger partial charge in [-0.3, -0.25) is 9.59 Å². The number of benzene rings is 3. The van der Waals surface area contributed by atoms with E-state index in [0.717, 1.165) is 34.0 Å². The van der Waals surface area contributed by atoms with Crippen LogP contribution in [-0.2, 0) is 0 Å². The number of para-hydroxylation sites is 4. The van der Waals surface area contributed by atoms with Crippen molar-refractivity contribution in [1.82, 2.24) is 0 Å². The molecule has 0 fully saturated rings. The Hall–Kier alpha value is -4.18. The number of Topliss-reactive ketones (excluding diaryl/α,β-unsaturated/α-hetero) is 2. The van der Waals surface area contributed by atoms with Gasteiger partial charge in [0.05, 0.1) is 28.3 Å². The summed E-state index contributed by atoms with van der Waals surface area (Å²) in [6.45, 7) is 3.98. The van der Waals surface area contributed by atoms with Crippen LogP contribution in [0.5, 0.6) is 0 Å². The number of ketones is 2. The molecule has 0 saturated heterocycles. The van der Waals surface area contributed by atoms with Gasteiger partial charge in [-0.2, -0.15) is 0 Å². The van der Waals surface area contributed by atoms with Crippen molar-refractivity contribution in [3.63, 3.8) is 0 Å². The molecule has 4 nitrogen and oxygen atoms in total. The average Bonchev–Trinajstić information content (AvgIpc) is 3.08. The highest BCUT2D eigenvalue weighted by atomic mass is 16.2. The molecule has 1 aliphatic heterocycles. The second-order valence-corrected chi connectivity index (χ2v) is 8.35. The number of rotatable bonds is 3. The topological polar surface area (TPSA) is 40.6 Å². The van der Waals surface area contributed by atoms with Crippen LogP contribution in [0.25, 0.3) is 0 Å². The fourth-order valence-electron chi connectivity index (χ4n) is 4.52. The molecule has 33 heavy (non-hydrogen) atoms. The number of fused-ring (bicyclic) bond motifs is 3. The van der Waals surface area contributed by atoms with Crippen LogP contribution in [0.1, 0.15) is 34.6 Å². The number of hydrogen-bond donors (Lipinski definition) is 0. The van der Waals surface area contributed by atoms with Gasteiger partial charge in [-0.1, -0.05) is 60.2 Å². The van der Waals surface area contributed by atoms with Gasteiger partial charge in [0.1, 0.15) is 0 Å². The van der Waals surface area contributed by atoms with E-state index in [1.807, 2.05) is 43.3 Å². The van der Waals surface area contributed by atoms with Gasteiger partial charge in [-0.05, 0) is 50.3 Å². The number of hydrogen-bond acceptors (Lipinski definition) is 4. The lowest BCUT2D eigenvalue weighted by molar-refractivity contribution is 0.0988. The molecule has 0 saturated carbocycles. The standard InChI is InChI=1S/C29H24N2O2/c1-19(18-23-28(32)21-10-4-5-11-22(21)29(23)33)16-17-20(2)31-26-14-8-6-12-24(26)30(3)25-13-7-9-15-27(25)31/h4-18H,1-3H3/b19-16+,20-17+. The summed E-state index contributed by atoms with van der Waals surface area (Å²) < 4.78 is 0. The van der Waals surface area contributed by atoms with Crippen LogP contribution in [0.15, 0.2) is 108 Å². The highest BCUT2D eigenvalue weighted by Gasteiger charge is 2.32. The Bertz CT molecular complexity index is 1310. The first-order valence-corrected chi connectivity index (χ1v) is 10.9. The molecule has 0 spiro atoms. The predicted molar refractivity (Wildman–Crippen MR) is 134 cm³/mol. The minimum Gasteiger partial charge on any atom is -0.341 e. The summed E-state index contributed by atoms with van der Waals surface area (Å²) in [7, 11) is 2.08. The Morgan fingerprint density at radius 3 is 1.64 bits per heavy atom. The largest absolute Gasteiger partial charge is 0.341 e. The van der Waals surface area contributed by atoms with Crippen molar-refractivity contribution in [3.8, 4) is 0 Å². The monoisotopic (exact) mass is 432 g/mol. The molecule has 3 aromatic carbocycles. The third-order valence-corrected chi connectivity index (χ3v) is 6.19. The molecular weight excluding hydrogens is 408 g/mol. The lowest BCUT2D eigenvalue weighted by atomic mass is 10.1. The highest BCUT2D eigenvalue weighted by Crippen LogP contribution is 2.48. The van der Waals surface area contributed by atoms with Crippen molar-refractivity contribution < 1.29 is 9.59 Å². The first-order valence-electron chi connectivity index (χ1n) is 10.9. The van der Waals surface area contributed by atoms with Gasteiger partial charge in [0.25, 0.3) is 0 Å². The number of carbonyl (C=O) groups excluding carboxylic acids is 2. The maximum atomic E-state index is 12.7. The molecule has 0 atom stereocenters. The third-order valence-electron chi connectivity index (χ3n) is 6.19. The van der Waals surface area contributed by atoms with Crippen LogP contribution in [0.3, 0.4) is 0 Å². The van der Waals surface area contributed by atoms with E-state index in [1.165, 1.54) is 0 Å². The first-order chi connectivity index (χ1) is 16.0. The molecule has 0 bridgehead atoms. The zero-order chi connectivity index (χ0) is 23.1. The van der Waals surface area contributed by atoms with Gasteiger partial charge in [-0.25, -0.2) is 0 Å². The van der Waals surface area contributed by atoms with E-state index in [-0.39, 0.29) is 17.1 Å². The molecule has 4 heteroatoms. The fourth-order valence-corrected chi connectivity index (χ4v) is 4.52. The van der Waals surface area contributed by atoms with Crippen molar-refractivity contribution in [3.05, 3.63) is 119 Å². The third kappa shape index (κ3) is 3.40. The van der Waals surface area contributed by atoms with Crippen LogP contribution in [0.4, 0.5) is 22.7 Å². The van der Waals surface area contributed by atoms with Gasteiger partial charge in [-0.15, -0.1) is 0 Å². The molecule has 5 rings (SSSR count). The molecule has 1 aliphatic carbocycles. The maximum Gasteiger partial charge on any atom is 0.197 e. The summed E-state index contributed by atoms with van der Waals surface area (Å²) in [4.78, 5) is 29.8. The Morgan fingerprint density at radius 2 is 1.12 bits per heavy atom. The van der Waals surface area contributed by atoms with Gasteiger partial charge >= 0.3 is 0 Å². The number of nitrogens with zero attached hydrogens (tertiary/aromatic N) is 2. The molecule has 3 aromatic rings. The summed E-state index contributed by atoms with van der Waals surface area (Å²) in [5.74, 6) is -0.406. The summed E-state index contributed by atoms with van der Waals surface area (Å²) >= 11 is 0. The molecule has 0 N–H and O–H groups in total. The molecule has 0 radical (unpaired) electrons. The normalized spacial score (nSPS) is 15.4. The molecule has 0 amide bonds. The van der Waals surface area contributed by atoms with E-state index < -0.39 is 0 Å². The Labute approximate surface area is 193 Å². The smallest absolute Gasteiger partial charge is 0.197 e. The Balaban J connectivity index is 1.51. The van der Waals surface area contributed by atoms with Gasteiger partial charge in [0, 0.05) is 23.9 Å². The van der Waals surface area contributed by atoms with Crippen LogP contribution < -0.4 is 9.80 Å². The summed E-state index contributed by atoms with van der Waals surface area (Å²) in [6, 6.07) is 23.6. The maximum absolute atomic E-state index is 12.7. The Kier molecular flexibility index (Phi) is 5.06. The second kappa shape index (κ2) is 8.06. The van der Waals surface area contributed by atoms with E-state index in [2.05, 4.69) is 48.0 Å². The fraction of sp³-hybridized carbons (Fsp3) is 0.103. The Morgan fingerprint density at radius 1 is 0.667 bits per heavy atom. The van der Waals surface area contributed by atoms with Crippen molar-refractivity contribution in [2.75, 3.05) is 16.8 Å². The van der Waals surface area contributed by atoms with E-state index in [9.17, 15) is 9.59 Å². The molecule has 162 valence electrons. The van der Waals surface area contributed by atoms with E-state index in [4.69, 9.17) is 0 Å². The van der Waals surface area contributed by atoms with Crippen molar-refractivity contribution in [1.29, 1.82) is 0 Å². The van der Waals surface area contributed by atoms with Gasteiger partial charge in [0.2, 0.25) is 0 Å². The average molecular weight is 433 g/mol. The van der Waals surface area contributed by atoms with Crippen LogP contribution in [0.2, 0.25) is 0 Å². The molecule has 1 heterocycles. The van der Waals surface area contributed by atoms with Crippen LogP contribution in [0, 0.1) is 0 Å². The summed E-state index contributed by atoms with van der Waals surface area (Å²) in [5, 5.41) is 0. The quantitative estimate of drug-likeness (QED) is 0.260. The molecular formula is C29H24N2O2. The number of allylic oxidation sites excluding steroid dienone is 6.